The zero-order valence-corrected chi connectivity index (χ0v) is 23.0. The second-order valence-electron chi connectivity index (χ2n) is 10.2. The second kappa shape index (κ2) is 12.5. The van der Waals surface area contributed by atoms with Gasteiger partial charge in [0.05, 0.1) is 7.11 Å². The number of H-pyrrole nitrogens is 2. The highest BCUT2D eigenvalue weighted by molar-refractivity contribution is 5.94. The molecule has 10 heteroatoms. The number of nitrogens with one attached hydrogen (secondary N) is 5. The van der Waals surface area contributed by atoms with Crippen LogP contribution in [0.5, 0.6) is 0 Å². The fourth-order valence-corrected chi connectivity index (χ4v) is 4.87. The average Bonchev–Trinajstić information content (AvgIpc) is 3.54. The average molecular weight is 546 g/mol. The molecule has 3 amide bonds. The van der Waals surface area contributed by atoms with Gasteiger partial charge in [-0.15, -0.1) is 0 Å². The van der Waals surface area contributed by atoms with E-state index in [2.05, 4.69) is 25.9 Å². The van der Waals surface area contributed by atoms with Crippen LogP contribution in [-0.4, -0.2) is 58.9 Å². The monoisotopic (exact) mass is 545 g/mol. The molecule has 0 unspecified atom stereocenters. The molecule has 2 aromatic heterocycles. The SMILES string of the molecule is COC(=O)[C@H](Cc1c[nH]c2ccccc12)NC(=O)[C@H](Cc1c[nH]c2ccccc12)NC(=O)[C@@H](NC(C)=O)C(C)C. The predicted octanol–water partition coefficient (Wildman–Crippen LogP) is 2.74. The number of methoxy groups -OCH3 is 1. The number of ether oxygens (including phenoxy) is 1. The zero-order valence-electron chi connectivity index (χ0n) is 23.0. The van der Waals surface area contributed by atoms with Crippen molar-refractivity contribution in [1.29, 1.82) is 0 Å². The lowest BCUT2D eigenvalue weighted by molar-refractivity contribution is -0.145. The van der Waals surface area contributed by atoms with Crippen LogP contribution in [0.4, 0.5) is 0 Å². The Bertz CT molecular complexity index is 1520. The Labute approximate surface area is 232 Å². The highest BCUT2D eigenvalue weighted by Crippen LogP contribution is 2.21. The van der Waals surface area contributed by atoms with E-state index in [1.165, 1.54) is 14.0 Å². The molecule has 0 aliphatic carbocycles. The Kier molecular flexibility index (Phi) is 8.88. The van der Waals surface area contributed by atoms with E-state index in [0.29, 0.717) is 0 Å². The summed E-state index contributed by atoms with van der Waals surface area (Å²) in [5, 5.41) is 10.1. The molecule has 0 spiro atoms. The van der Waals surface area contributed by atoms with Crippen LogP contribution in [0.25, 0.3) is 21.8 Å². The summed E-state index contributed by atoms with van der Waals surface area (Å²) in [6, 6.07) is 12.5. The van der Waals surface area contributed by atoms with Gasteiger partial charge in [-0.05, 0) is 29.2 Å². The summed E-state index contributed by atoms with van der Waals surface area (Å²) in [6.07, 6.45) is 3.96. The number of hydrogen-bond donors (Lipinski definition) is 5. The van der Waals surface area contributed by atoms with Gasteiger partial charge in [0.15, 0.2) is 0 Å². The van der Waals surface area contributed by atoms with Crippen LogP contribution in [0, 0.1) is 5.92 Å². The van der Waals surface area contributed by atoms with Gasteiger partial charge in [0.2, 0.25) is 17.7 Å². The third-order valence-corrected chi connectivity index (χ3v) is 6.94. The molecule has 0 aliphatic heterocycles. The van der Waals surface area contributed by atoms with Crippen molar-refractivity contribution in [2.24, 2.45) is 5.92 Å². The molecule has 0 bridgehead atoms. The van der Waals surface area contributed by atoms with Gasteiger partial charge in [-0.25, -0.2) is 4.79 Å². The Hall–Kier alpha value is -4.60. The molecule has 40 heavy (non-hydrogen) atoms. The third-order valence-electron chi connectivity index (χ3n) is 6.94. The highest BCUT2D eigenvalue weighted by atomic mass is 16.5. The van der Waals surface area contributed by atoms with Crippen LogP contribution >= 0.6 is 0 Å². The highest BCUT2D eigenvalue weighted by Gasteiger charge is 2.32. The molecule has 5 N–H and O–H groups in total. The van der Waals surface area contributed by atoms with E-state index in [1.807, 2.05) is 62.4 Å². The van der Waals surface area contributed by atoms with Gasteiger partial charge >= 0.3 is 5.97 Å². The van der Waals surface area contributed by atoms with E-state index in [9.17, 15) is 19.2 Å². The minimum absolute atomic E-state index is 0.160. The van der Waals surface area contributed by atoms with Crippen molar-refractivity contribution in [3.8, 4) is 0 Å². The molecule has 2 aromatic carbocycles. The van der Waals surface area contributed by atoms with E-state index in [1.54, 1.807) is 12.4 Å². The number of esters is 1. The summed E-state index contributed by atoms with van der Waals surface area (Å²) < 4.78 is 5.01. The Balaban J connectivity index is 1.61. The largest absolute Gasteiger partial charge is 0.467 e. The van der Waals surface area contributed by atoms with Crippen molar-refractivity contribution in [2.45, 2.75) is 51.7 Å². The number of hydrogen-bond acceptors (Lipinski definition) is 5. The first-order valence-corrected chi connectivity index (χ1v) is 13.2. The first-order valence-electron chi connectivity index (χ1n) is 13.2. The van der Waals surface area contributed by atoms with Gasteiger partial charge in [0.1, 0.15) is 18.1 Å². The lowest BCUT2D eigenvalue weighted by Gasteiger charge is -2.26. The van der Waals surface area contributed by atoms with Crippen molar-refractivity contribution in [2.75, 3.05) is 7.11 Å². The number of aromatic amines is 2. The summed E-state index contributed by atoms with van der Waals surface area (Å²) in [6.45, 7) is 4.96. The number of rotatable bonds is 11. The molecule has 0 aliphatic rings. The first kappa shape index (κ1) is 28.4. The minimum atomic E-state index is -1.03. The molecule has 0 radical (unpaired) electrons. The summed E-state index contributed by atoms with van der Waals surface area (Å²) in [7, 11) is 1.27. The maximum Gasteiger partial charge on any atom is 0.328 e. The molecule has 0 fully saturated rings. The normalized spacial score (nSPS) is 13.5. The Morgan fingerprint density at radius 1 is 0.750 bits per heavy atom. The van der Waals surface area contributed by atoms with Crippen LogP contribution in [0.15, 0.2) is 60.9 Å². The third kappa shape index (κ3) is 6.51. The molecule has 2 heterocycles. The number of carbonyl (C=O) groups is 4. The quantitative estimate of drug-likeness (QED) is 0.184. The Morgan fingerprint density at radius 2 is 1.25 bits per heavy atom. The number of benzene rings is 2. The predicted molar refractivity (Wildman–Crippen MR) is 152 cm³/mol. The van der Waals surface area contributed by atoms with Crippen molar-refractivity contribution in [3.63, 3.8) is 0 Å². The molecule has 0 saturated carbocycles. The molecule has 10 nitrogen and oxygen atoms in total. The maximum atomic E-state index is 13.7. The minimum Gasteiger partial charge on any atom is -0.467 e. The molecular weight excluding hydrogens is 510 g/mol. The zero-order chi connectivity index (χ0) is 28.8. The van der Waals surface area contributed by atoms with Crippen molar-refractivity contribution < 1.29 is 23.9 Å². The number of fused-ring (bicyclic) bond motifs is 2. The van der Waals surface area contributed by atoms with Gasteiger partial charge in [-0.2, -0.15) is 0 Å². The van der Waals surface area contributed by atoms with E-state index >= 15 is 0 Å². The summed E-state index contributed by atoms with van der Waals surface area (Å²) in [4.78, 5) is 57.9. The number of para-hydroxylation sites is 2. The molecular formula is C30H35N5O5. The topological polar surface area (TPSA) is 145 Å². The maximum absolute atomic E-state index is 13.7. The number of amides is 3. The van der Waals surface area contributed by atoms with E-state index in [0.717, 1.165) is 32.9 Å². The van der Waals surface area contributed by atoms with Crippen molar-refractivity contribution in [1.82, 2.24) is 25.9 Å². The van der Waals surface area contributed by atoms with E-state index < -0.39 is 35.9 Å². The van der Waals surface area contributed by atoms with Crippen LogP contribution in [0.1, 0.15) is 31.9 Å². The van der Waals surface area contributed by atoms with Gasteiger partial charge in [0, 0.05) is 54.0 Å². The molecule has 210 valence electrons. The van der Waals surface area contributed by atoms with Crippen LogP contribution in [0.3, 0.4) is 0 Å². The fourth-order valence-electron chi connectivity index (χ4n) is 4.87. The lowest BCUT2D eigenvalue weighted by Crippen LogP contribution is -2.57. The molecule has 4 aromatic rings. The number of aromatic nitrogens is 2. The van der Waals surface area contributed by atoms with Gasteiger partial charge < -0.3 is 30.7 Å². The van der Waals surface area contributed by atoms with Crippen LogP contribution < -0.4 is 16.0 Å². The van der Waals surface area contributed by atoms with E-state index in [-0.39, 0.29) is 24.7 Å². The smallest absolute Gasteiger partial charge is 0.328 e. The fraction of sp³-hybridized carbons (Fsp3) is 0.333. The van der Waals surface area contributed by atoms with Gasteiger partial charge in [0.25, 0.3) is 0 Å². The molecule has 3 atom stereocenters. The lowest BCUT2D eigenvalue weighted by atomic mass is 10.00. The summed E-state index contributed by atoms with van der Waals surface area (Å²) in [5.41, 5.74) is 3.47. The molecule has 4 rings (SSSR count). The second-order valence-corrected chi connectivity index (χ2v) is 10.2. The molecule has 0 saturated heterocycles. The Morgan fingerprint density at radius 3 is 1.75 bits per heavy atom. The van der Waals surface area contributed by atoms with Crippen LogP contribution in [-0.2, 0) is 36.8 Å². The first-order chi connectivity index (χ1) is 19.2. The summed E-state index contributed by atoms with van der Waals surface area (Å²) >= 11 is 0. The van der Waals surface area contributed by atoms with Gasteiger partial charge in [-0.3, -0.25) is 14.4 Å². The van der Waals surface area contributed by atoms with Crippen molar-refractivity contribution >= 4 is 45.5 Å². The van der Waals surface area contributed by atoms with Crippen LogP contribution in [0.2, 0.25) is 0 Å². The van der Waals surface area contributed by atoms with Crippen molar-refractivity contribution in [3.05, 3.63) is 72.1 Å². The number of carbonyl (C=O) groups excluding carboxylic acids is 4. The van der Waals surface area contributed by atoms with Gasteiger partial charge in [-0.1, -0.05) is 50.2 Å². The van der Waals surface area contributed by atoms with E-state index in [4.69, 9.17) is 4.74 Å². The summed E-state index contributed by atoms with van der Waals surface area (Å²) in [5.74, 6) is -2.20. The standard InChI is InChI=1S/C30H35N5O5/c1-17(2)27(33-18(3)36)29(38)34-25(13-19-15-31-23-11-7-5-9-21(19)23)28(37)35-26(30(39)40-4)14-20-16-32-24-12-8-6-10-22(20)24/h5-12,15-17,25-27,31-32H,13-14H2,1-4H3,(H,33,36)(H,34,38)(H,35,37)/t25-,26-,27-/m0/s1.